The Morgan fingerprint density at radius 1 is 1.12 bits per heavy atom. The third kappa shape index (κ3) is 1.85. The van der Waals surface area contributed by atoms with E-state index in [-0.39, 0.29) is 0 Å². The van der Waals surface area contributed by atoms with Gasteiger partial charge in [0.15, 0.2) is 0 Å². The largest absolute Gasteiger partial charge is 0.314 e. The lowest BCUT2D eigenvalue weighted by Crippen LogP contribution is -2.58. The molecule has 1 N–H and O–H groups in total. The van der Waals surface area contributed by atoms with Crippen LogP contribution in [0, 0.1) is 22.7 Å². The van der Waals surface area contributed by atoms with Gasteiger partial charge in [-0.05, 0) is 74.2 Å². The Morgan fingerprint density at radius 3 is 2.24 bits per heavy atom. The second kappa shape index (κ2) is 3.98. The second-order valence-electron chi connectivity index (χ2n) is 7.65. The zero-order chi connectivity index (χ0) is 12.1. The zero-order valence-electron chi connectivity index (χ0n) is 11.9. The summed E-state index contributed by atoms with van der Waals surface area (Å²) in [6, 6.07) is 0.790. The lowest BCUT2D eigenvalue weighted by Gasteiger charge is -2.63. The van der Waals surface area contributed by atoms with Gasteiger partial charge in [0, 0.05) is 6.04 Å². The van der Waals surface area contributed by atoms with Crippen molar-refractivity contribution in [3.05, 3.63) is 0 Å². The maximum atomic E-state index is 3.81. The van der Waals surface area contributed by atoms with Crippen LogP contribution in [0.1, 0.15) is 65.7 Å². The molecule has 4 aliphatic carbocycles. The molecule has 0 saturated heterocycles. The van der Waals surface area contributed by atoms with Crippen LogP contribution >= 0.6 is 0 Å². The number of rotatable bonds is 4. The highest BCUT2D eigenvalue weighted by Crippen LogP contribution is 2.66. The molecule has 0 aromatic heterocycles. The van der Waals surface area contributed by atoms with Crippen LogP contribution in [0.15, 0.2) is 0 Å². The Hall–Kier alpha value is -0.0400. The molecule has 0 aromatic rings. The number of hydrogen-bond donors (Lipinski definition) is 1. The molecule has 4 bridgehead atoms. The summed E-state index contributed by atoms with van der Waals surface area (Å²) in [5.74, 6) is 2.13. The molecule has 1 nitrogen and oxygen atoms in total. The molecule has 0 spiro atoms. The van der Waals surface area contributed by atoms with Crippen molar-refractivity contribution in [2.45, 2.75) is 71.8 Å². The molecule has 4 aliphatic rings. The van der Waals surface area contributed by atoms with Crippen molar-refractivity contribution in [3.63, 3.8) is 0 Å². The van der Waals surface area contributed by atoms with E-state index in [9.17, 15) is 0 Å². The first-order valence-corrected chi connectivity index (χ1v) is 7.82. The average molecular weight is 235 g/mol. The fourth-order valence-electron chi connectivity index (χ4n) is 6.25. The Balaban J connectivity index is 1.87. The highest BCUT2D eigenvalue weighted by Gasteiger charge is 2.57. The first-order valence-electron chi connectivity index (χ1n) is 7.82. The summed E-state index contributed by atoms with van der Waals surface area (Å²) in [5, 5.41) is 3.81. The quantitative estimate of drug-likeness (QED) is 0.777. The van der Waals surface area contributed by atoms with Crippen molar-refractivity contribution in [3.8, 4) is 0 Å². The van der Waals surface area contributed by atoms with Gasteiger partial charge in [0.25, 0.3) is 0 Å². The van der Waals surface area contributed by atoms with Crippen molar-refractivity contribution in [1.82, 2.24) is 5.32 Å². The van der Waals surface area contributed by atoms with Crippen LogP contribution in [0.3, 0.4) is 0 Å². The van der Waals surface area contributed by atoms with Crippen LogP contribution in [0.2, 0.25) is 0 Å². The van der Waals surface area contributed by atoms with Crippen molar-refractivity contribution >= 4 is 0 Å². The maximum Gasteiger partial charge on any atom is 0.0121 e. The summed E-state index contributed by atoms with van der Waals surface area (Å²) in [7, 11) is 0. The third-order valence-electron chi connectivity index (χ3n) is 6.00. The molecular formula is C16H29N. The summed E-state index contributed by atoms with van der Waals surface area (Å²) in [4.78, 5) is 0. The van der Waals surface area contributed by atoms with Gasteiger partial charge < -0.3 is 5.32 Å². The van der Waals surface area contributed by atoms with E-state index in [1.807, 2.05) is 0 Å². The summed E-state index contributed by atoms with van der Waals surface area (Å²) in [5.41, 5.74) is 1.37. The van der Waals surface area contributed by atoms with Crippen molar-refractivity contribution in [2.24, 2.45) is 22.7 Å². The SMILES string of the molecule is CCNC(CC)C12CC3CC(CC(C)(C3)C1)C2. The smallest absolute Gasteiger partial charge is 0.0121 e. The number of nitrogens with one attached hydrogen (secondary N) is 1. The van der Waals surface area contributed by atoms with Gasteiger partial charge in [-0.2, -0.15) is 0 Å². The molecule has 17 heavy (non-hydrogen) atoms. The van der Waals surface area contributed by atoms with Gasteiger partial charge in [0.05, 0.1) is 0 Å². The summed E-state index contributed by atoms with van der Waals surface area (Å²) < 4.78 is 0. The lowest BCUT2D eigenvalue weighted by molar-refractivity contribution is -0.118. The normalized spacial score (nSPS) is 49.6. The predicted octanol–water partition coefficient (Wildman–Crippen LogP) is 3.98. The molecular weight excluding hydrogens is 206 g/mol. The second-order valence-corrected chi connectivity index (χ2v) is 7.65. The Morgan fingerprint density at radius 2 is 1.76 bits per heavy atom. The van der Waals surface area contributed by atoms with Gasteiger partial charge in [-0.3, -0.25) is 0 Å². The predicted molar refractivity (Wildman–Crippen MR) is 73.0 cm³/mol. The molecule has 98 valence electrons. The Bertz CT molecular complexity index is 282. The molecule has 4 fully saturated rings. The topological polar surface area (TPSA) is 12.0 Å². The van der Waals surface area contributed by atoms with E-state index >= 15 is 0 Å². The van der Waals surface area contributed by atoms with Crippen molar-refractivity contribution < 1.29 is 0 Å². The van der Waals surface area contributed by atoms with E-state index < -0.39 is 0 Å². The molecule has 0 heterocycles. The maximum absolute atomic E-state index is 3.81. The van der Waals surface area contributed by atoms with Crippen molar-refractivity contribution in [1.29, 1.82) is 0 Å². The average Bonchev–Trinajstić information content (AvgIpc) is 2.22. The van der Waals surface area contributed by atoms with Crippen LogP contribution in [-0.4, -0.2) is 12.6 Å². The zero-order valence-corrected chi connectivity index (χ0v) is 11.9. The van der Waals surface area contributed by atoms with Gasteiger partial charge >= 0.3 is 0 Å². The van der Waals surface area contributed by atoms with E-state index in [4.69, 9.17) is 0 Å². The minimum absolute atomic E-state index is 0.670. The van der Waals surface area contributed by atoms with Gasteiger partial charge in [0.2, 0.25) is 0 Å². The van der Waals surface area contributed by atoms with E-state index in [0.29, 0.717) is 10.8 Å². The van der Waals surface area contributed by atoms with Gasteiger partial charge in [0.1, 0.15) is 0 Å². The van der Waals surface area contributed by atoms with Gasteiger partial charge in [-0.15, -0.1) is 0 Å². The molecule has 4 rings (SSSR count). The standard InChI is InChI=1S/C16H29N/c1-4-14(17-5-2)16-9-12-6-13(10-16)8-15(3,7-12)11-16/h12-14,17H,4-11H2,1-3H3. The molecule has 3 atom stereocenters. The van der Waals surface area contributed by atoms with E-state index in [2.05, 4.69) is 26.1 Å². The van der Waals surface area contributed by atoms with Crippen LogP contribution in [0.5, 0.6) is 0 Å². The minimum Gasteiger partial charge on any atom is -0.314 e. The highest BCUT2D eigenvalue weighted by atomic mass is 14.9. The first kappa shape index (κ1) is 12.0. The molecule has 1 heteroatoms. The van der Waals surface area contributed by atoms with E-state index in [1.54, 1.807) is 6.42 Å². The summed E-state index contributed by atoms with van der Waals surface area (Å²) in [6.07, 6.45) is 10.5. The highest BCUT2D eigenvalue weighted by molar-refractivity contribution is 5.09. The third-order valence-corrected chi connectivity index (χ3v) is 6.00. The molecule has 0 aromatic carbocycles. The Kier molecular flexibility index (Phi) is 2.81. The lowest BCUT2D eigenvalue weighted by atomic mass is 9.43. The van der Waals surface area contributed by atoms with Crippen molar-refractivity contribution in [2.75, 3.05) is 6.54 Å². The molecule has 3 unspecified atom stereocenters. The van der Waals surface area contributed by atoms with Crippen LogP contribution in [0.25, 0.3) is 0 Å². The van der Waals surface area contributed by atoms with E-state index in [1.165, 1.54) is 38.5 Å². The Labute approximate surface area is 107 Å². The van der Waals surface area contributed by atoms with Crippen LogP contribution in [0.4, 0.5) is 0 Å². The summed E-state index contributed by atoms with van der Waals surface area (Å²) >= 11 is 0. The number of hydrogen-bond acceptors (Lipinski definition) is 1. The molecule has 0 aliphatic heterocycles. The van der Waals surface area contributed by atoms with Crippen LogP contribution < -0.4 is 5.32 Å². The van der Waals surface area contributed by atoms with Crippen LogP contribution in [-0.2, 0) is 0 Å². The fraction of sp³-hybridized carbons (Fsp3) is 1.00. The van der Waals surface area contributed by atoms with Gasteiger partial charge in [-0.25, -0.2) is 0 Å². The van der Waals surface area contributed by atoms with Gasteiger partial charge in [-0.1, -0.05) is 20.8 Å². The molecule has 0 radical (unpaired) electrons. The summed E-state index contributed by atoms with van der Waals surface area (Å²) in [6.45, 7) is 8.38. The monoisotopic (exact) mass is 235 g/mol. The molecule has 0 amide bonds. The minimum atomic E-state index is 0.670. The molecule has 4 saturated carbocycles. The fourth-order valence-corrected chi connectivity index (χ4v) is 6.25. The van der Waals surface area contributed by atoms with E-state index in [0.717, 1.165) is 24.4 Å². The first-order chi connectivity index (χ1) is 8.09.